The highest BCUT2D eigenvalue weighted by Crippen LogP contribution is 2.65. The maximum absolute atomic E-state index is 6.26. The molecule has 4 fully saturated rings. The molecule has 0 radical (unpaired) electrons. The average molecular weight is 274 g/mol. The Morgan fingerprint density at radius 3 is 2.61 bits per heavy atom. The summed E-state index contributed by atoms with van der Waals surface area (Å²) in [4.78, 5) is 0. The Morgan fingerprint density at radius 1 is 1.28 bits per heavy atom. The molecule has 0 spiro atoms. The lowest BCUT2D eigenvalue weighted by atomic mass is 9.43. The molecule has 3 nitrogen and oxygen atoms in total. The first kappa shape index (κ1) is 14.6. The number of hydrogen-bond acceptors (Lipinski definition) is 3. The molecule has 1 aliphatic heterocycles. The van der Waals surface area contributed by atoms with Gasteiger partial charge < -0.3 is 14.6 Å². The molecule has 0 aromatic rings. The van der Waals surface area contributed by atoms with Gasteiger partial charge in [0.2, 0.25) is 0 Å². The van der Waals surface area contributed by atoms with E-state index in [0.717, 1.165) is 18.9 Å². The van der Waals surface area contributed by atoms with Crippen LogP contribution in [-0.4, -0.2) is 31.8 Å². The smallest absolute Gasteiger partial charge is 0.405 e. The Bertz CT molecular complexity index is 328. The monoisotopic (exact) mass is 273 g/mol. The predicted molar refractivity (Wildman–Crippen MR) is 75.9 cm³/mol. The Morgan fingerprint density at radius 2 is 2.00 bits per heavy atom. The van der Waals surface area contributed by atoms with Crippen molar-refractivity contribution < 1.29 is 9.31 Å². The van der Waals surface area contributed by atoms with Crippen LogP contribution in [0.2, 0.25) is 0 Å². The van der Waals surface area contributed by atoms with Gasteiger partial charge in [-0.25, -0.2) is 0 Å². The van der Waals surface area contributed by atoms with E-state index in [-0.39, 0.29) is 25.1 Å². The van der Waals surface area contributed by atoms with E-state index in [1.54, 1.807) is 0 Å². The van der Waals surface area contributed by atoms with Crippen LogP contribution in [0.4, 0.5) is 0 Å². The van der Waals surface area contributed by atoms with Gasteiger partial charge in [0.25, 0.3) is 0 Å². The van der Waals surface area contributed by atoms with Gasteiger partial charge in [-0.15, -0.1) is 12.4 Å². The summed E-state index contributed by atoms with van der Waals surface area (Å²) in [6, 6.07) is 0. The van der Waals surface area contributed by atoms with Crippen molar-refractivity contribution in [3.63, 3.8) is 0 Å². The summed E-state index contributed by atoms with van der Waals surface area (Å²) < 4.78 is 12.3. The van der Waals surface area contributed by atoms with Gasteiger partial charge in [-0.1, -0.05) is 20.8 Å². The van der Waals surface area contributed by atoms with Crippen molar-refractivity contribution in [3.8, 4) is 0 Å². The van der Waals surface area contributed by atoms with E-state index in [1.165, 1.54) is 12.8 Å². The molecule has 0 aromatic heterocycles. The van der Waals surface area contributed by atoms with Crippen LogP contribution in [0.1, 0.15) is 40.5 Å². The minimum atomic E-state index is -0.0433. The zero-order valence-electron chi connectivity index (χ0n) is 11.9. The van der Waals surface area contributed by atoms with Crippen LogP contribution in [0.25, 0.3) is 0 Å². The summed E-state index contributed by atoms with van der Waals surface area (Å²) in [7, 11) is -0.0416. The van der Waals surface area contributed by atoms with Gasteiger partial charge in [-0.3, -0.25) is 0 Å². The lowest BCUT2D eigenvalue weighted by molar-refractivity contribution is -0.199. The summed E-state index contributed by atoms with van der Waals surface area (Å²) in [5.41, 5.74) is 0.403. The molecule has 0 aromatic carbocycles. The van der Waals surface area contributed by atoms with E-state index < -0.39 is 0 Å². The van der Waals surface area contributed by atoms with Gasteiger partial charge in [0, 0.05) is 6.44 Å². The van der Waals surface area contributed by atoms with Crippen molar-refractivity contribution in [2.24, 2.45) is 17.3 Å². The fourth-order valence-electron chi connectivity index (χ4n) is 4.30. The third-order valence-corrected chi connectivity index (χ3v) is 5.56. The maximum atomic E-state index is 6.26. The second-order valence-electron chi connectivity index (χ2n) is 6.71. The van der Waals surface area contributed by atoms with Gasteiger partial charge in [0.1, 0.15) is 0 Å². The second kappa shape index (κ2) is 4.66. The van der Waals surface area contributed by atoms with Crippen LogP contribution >= 0.6 is 12.4 Å². The van der Waals surface area contributed by atoms with Crippen LogP contribution in [0.3, 0.4) is 0 Å². The molecule has 3 saturated carbocycles. The number of rotatable bonds is 3. The van der Waals surface area contributed by atoms with Crippen LogP contribution in [-0.2, 0) is 9.31 Å². The lowest BCUT2D eigenvalue weighted by Gasteiger charge is -2.64. The van der Waals surface area contributed by atoms with E-state index in [9.17, 15) is 0 Å². The van der Waals surface area contributed by atoms with Gasteiger partial charge in [-0.2, -0.15) is 0 Å². The molecule has 1 N–H and O–H groups in total. The molecular weight excluding hydrogens is 248 g/mol. The van der Waals surface area contributed by atoms with Gasteiger partial charge >= 0.3 is 7.12 Å². The Kier molecular flexibility index (Phi) is 3.79. The topological polar surface area (TPSA) is 30.5 Å². The minimum absolute atomic E-state index is 0. The molecule has 104 valence electrons. The molecule has 1 heterocycles. The number of halogens is 1. The molecule has 18 heavy (non-hydrogen) atoms. The highest BCUT2D eigenvalue weighted by Gasteiger charge is 2.67. The van der Waals surface area contributed by atoms with E-state index in [0.29, 0.717) is 17.4 Å². The Labute approximate surface area is 117 Å². The SMILES string of the molecule is CCNCB1OC2CC3CC(C3(C)C)[C@]2(C)O1.Cl. The molecule has 0 amide bonds. The van der Waals surface area contributed by atoms with E-state index in [2.05, 4.69) is 33.0 Å². The zero-order chi connectivity index (χ0) is 12.3. The molecule has 4 atom stereocenters. The van der Waals surface area contributed by atoms with Crippen LogP contribution in [0, 0.1) is 17.3 Å². The fraction of sp³-hybridized carbons (Fsp3) is 1.00. The average Bonchev–Trinajstić information content (AvgIpc) is 2.61. The highest BCUT2D eigenvalue weighted by atomic mass is 35.5. The first-order chi connectivity index (χ1) is 7.98. The van der Waals surface area contributed by atoms with Crippen LogP contribution in [0.15, 0.2) is 0 Å². The summed E-state index contributed by atoms with van der Waals surface area (Å²) in [5.74, 6) is 1.51. The molecular formula is C13H25BClNO2. The second-order valence-corrected chi connectivity index (χ2v) is 6.71. The summed E-state index contributed by atoms with van der Waals surface area (Å²) in [6.07, 6.45) is 3.66. The van der Waals surface area contributed by atoms with Crippen molar-refractivity contribution in [3.05, 3.63) is 0 Å². The maximum Gasteiger partial charge on any atom is 0.472 e. The van der Waals surface area contributed by atoms with Crippen molar-refractivity contribution in [1.29, 1.82) is 0 Å². The summed E-state index contributed by atoms with van der Waals surface area (Å²) in [5, 5.41) is 3.32. The number of nitrogens with one attached hydrogen (secondary N) is 1. The third kappa shape index (κ3) is 1.84. The van der Waals surface area contributed by atoms with E-state index in [4.69, 9.17) is 9.31 Å². The minimum Gasteiger partial charge on any atom is -0.405 e. The van der Waals surface area contributed by atoms with E-state index >= 15 is 0 Å². The van der Waals surface area contributed by atoms with Crippen LogP contribution in [0.5, 0.6) is 0 Å². The molecule has 1 saturated heterocycles. The fourth-order valence-corrected chi connectivity index (χ4v) is 4.30. The van der Waals surface area contributed by atoms with Crippen molar-refractivity contribution in [1.82, 2.24) is 5.32 Å². The van der Waals surface area contributed by atoms with Crippen molar-refractivity contribution in [2.45, 2.75) is 52.2 Å². The van der Waals surface area contributed by atoms with E-state index in [1.807, 2.05) is 0 Å². The zero-order valence-corrected chi connectivity index (χ0v) is 12.7. The molecule has 4 rings (SSSR count). The lowest BCUT2D eigenvalue weighted by Crippen LogP contribution is -2.65. The Balaban J connectivity index is 0.00000120. The van der Waals surface area contributed by atoms with Crippen LogP contribution < -0.4 is 5.32 Å². The predicted octanol–water partition coefficient (Wildman–Crippen LogP) is 2.29. The quantitative estimate of drug-likeness (QED) is 0.800. The van der Waals surface area contributed by atoms with Gasteiger partial charge in [-0.05, 0) is 43.6 Å². The molecule has 2 bridgehead atoms. The largest absolute Gasteiger partial charge is 0.472 e. The normalized spacial score (nSPS) is 44.0. The molecule has 4 aliphatic rings. The number of hydrogen-bond donors (Lipinski definition) is 1. The van der Waals surface area contributed by atoms with Gasteiger partial charge in [0.15, 0.2) is 0 Å². The Hall–Kier alpha value is 0.235. The summed E-state index contributed by atoms with van der Waals surface area (Å²) in [6.45, 7) is 10.2. The first-order valence-corrected chi connectivity index (χ1v) is 7.02. The van der Waals surface area contributed by atoms with Gasteiger partial charge in [0.05, 0.1) is 11.7 Å². The highest BCUT2D eigenvalue weighted by molar-refractivity contribution is 6.45. The van der Waals surface area contributed by atoms with Crippen molar-refractivity contribution >= 4 is 19.5 Å². The standard InChI is InChI=1S/C13H24BNO2.ClH/c1-5-15-8-14-16-11-7-9-6-10(12(9,2)3)13(11,4)17-14;/h9-11,15H,5-8H2,1-4H3;1H/t9?,10?,11?,13-;/m0./s1. The van der Waals surface area contributed by atoms with Crippen molar-refractivity contribution in [2.75, 3.05) is 13.0 Å². The first-order valence-electron chi connectivity index (χ1n) is 7.02. The third-order valence-electron chi connectivity index (χ3n) is 5.56. The molecule has 5 heteroatoms. The summed E-state index contributed by atoms with van der Waals surface area (Å²) >= 11 is 0. The molecule has 3 aliphatic carbocycles. The molecule has 3 unspecified atom stereocenters.